The minimum absolute atomic E-state index is 0. The van der Waals surface area contributed by atoms with Gasteiger partial charge in [0.15, 0.2) is 20.5 Å². The Kier molecular flexibility index (Phi) is 48.2. The van der Waals surface area contributed by atoms with Crippen LogP contribution in [0.3, 0.4) is 0 Å². The molecule has 4 saturated heterocycles. The summed E-state index contributed by atoms with van der Waals surface area (Å²) in [6.07, 6.45) is 25.2. The van der Waals surface area contributed by atoms with Crippen LogP contribution >= 0.6 is 116 Å². The third-order valence-electron chi connectivity index (χ3n) is 21.7. The maximum atomic E-state index is 13.0. The van der Waals surface area contributed by atoms with Crippen LogP contribution in [0.4, 0.5) is 43.3 Å². The van der Waals surface area contributed by atoms with Gasteiger partial charge in [0, 0.05) is 150 Å². The molecular formula is C102H134Cl2N20O14S8. The van der Waals surface area contributed by atoms with Crippen LogP contribution in [0.1, 0.15) is 252 Å². The van der Waals surface area contributed by atoms with Crippen molar-refractivity contribution in [2.45, 2.75) is 250 Å². The number of nitrogens with one attached hydrogen (secondary N) is 6. The minimum atomic E-state index is -0.620. The molecule has 4 amide bonds. The maximum Gasteiger partial charge on any atom is 0.269 e. The Morgan fingerprint density at radius 3 is 0.973 bits per heavy atom. The molecule has 0 aliphatic carbocycles. The molecule has 4 aliphatic heterocycles. The van der Waals surface area contributed by atoms with Crippen LogP contribution in [0.2, 0.25) is 0 Å². The van der Waals surface area contributed by atoms with Crippen molar-refractivity contribution in [3.63, 3.8) is 0 Å². The van der Waals surface area contributed by atoms with Crippen LogP contribution in [0.15, 0.2) is 206 Å². The van der Waals surface area contributed by atoms with E-state index in [0.717, 1.165) is 145 Å². The molecule has 0 unspecified atom stereocenters. The molecule has 0 saturated carbocycles. The van der Waals surface area contributed by atoms with E-state index in [0.29, 0.717) is 89.3 Å². The zero-order chi connectivity index (χ0) is 102. The number of non-ortho nitro benzene ring substituents is 2. The summed E-state index contributed by atoms with van der Waals surface area (Å²) < 4.78 is 27.9. The van der Waals surface area contributed by atoms with Crippen molar-refractivity contribution in [1.29, 1.82) is 0 Å². The van der Waals surface area contributed by atoms with Crippen LogP contribution < -0.4 is 37.6 Å². The number of nitrogens with two attached hydrogens (primary N) is 1. The van der Waals surface area contributed by atoms with E-state index >= 15 is 0 Å². The number of nitrogens with zero attached hydrogens (tertiary/aromatic N) is 13. The number of nitro benzene ring substituents is 2. The molecule has 4 aliphatic rings. The Bertz CT molecular complexity index is 6140. The molecule has 12 heterocycles. The lowest BCUT2D eigenvalue weighted by atomic mass is 9.94. The number of nitro groups is 2. The lowest BCUT2D eigenvalue weighted by Gasteiger charge is -2.33. The number of carbonyl (C=O) groups is 6. The molecular weight excluding hydrogens is 2060 g/mol. The highest BCUT2D eigenvalue weighted by Gasteiger charge is 2.32. The van der Waals surface area contributed by atoms with E-state index in [2.05, 4.69) is 168 Å². The molecule has 16 rings (SSSR count). The summed E-state index contributed by atoms with van der Waals surface area (Å²) in [4.78, 5) is 131. The molecule has 4 fully saturated rings. The first kappa shape index (κ1) is 122. The second kappa shape index (κ2) is 57.9. The summed E-state index contributed by atoms with van der Waals surface area (Å²) in [5.74, 6) is 8.85. The maximum absolute atomic E-state index is 13.0. The summed E-state index contributed by atoms with van der Waals surface area (Å²) in [5.41, 5.74) is 8.77. The number of carbonyl (C=O) groups excluding carboxylic acids is 6. The van der Waals surface area contributed by atoms with Gasteiger partial charge in [0.1, 0.15) is 23.0 Å². The van der Waals surface area contributed by atoms with E-state index in [1.54, 1.807) is 158 Å². The fourth-order valence-corrected chi connectivity index (χ4v) is 21.3. The highest BCUT2D eigenvalue weighted by atomic mass is 35.5. The van der Waals surface area contributed by atoms with Crippen LogP contribution in [0.25, 0.3) is 0 Å². The van der Waals surface area contributed by atoms with Crippen LogP contribution in [-0.4, -0.2) is 175 Å². The molecule has 8 aromatic heterocycles. The van der Waals surface area contributed by atoms with Gasteiger partial charge in [-0.3, -0.25) is 49.0 Å². The number of hydrogen-bond donors (Lipinski definition) is 7. The average Bonchev–Trinajstić information content (AvgIpc) is 0.947. The van der Waals surface area contributed by atoms with Crippen molar-refractivity contribution < 1.29 is 56.3 Å². The van der Waals surface area contributed by atoms with Gasteiger partial charge in [0.2, 0.25) is 34.7 Å². The smallest absolute Gasteiger partial charge is 0.269 e. The number of benzene rings is 4. The van der Waals surface area contributed by atoms with E-state index in [9.17, 15) is 49.0 Å². The van der Waals surface area contributed by atoms with Gasteiger partial charge < -0.3 is 70.0 Å². The van der Waals surface area contributed by atoms with Gasteiger partial charge in [0.05, 0.1) is 99.3 Å². The van der Waals surface area contributed by atoms with Gasteiger partial charge >= 0.3 is 0 Å². The molecule has 8 N–H and O–H groups in total. The highest BCUT2D eigenvalue weighted by Crippen LogP contribution is 2.39. The van der Waals surface area contributed by atoms with E-state index < -0.39 is 20.3 Å². The third kappa shape index (κ3) is 39.1. The number of thioether (sulfide) groups is 4. The summed E-state index contributed by atoms with van der Waals surface area (Å²) in [6.45, 7) is 38.0. The largest absolute Gasteiger partial charge is 0.444 e. The highest BCUT2D eigenvalue weighted by molar-refractivity contribution is 8.01. The number of aromatic nitrogens is 8. The number of piperidine rings is 4. The lowest BCUT2D eigenvalue weighted by molar-refractivity contribution is -0.385. The first-order valence-electron chi connectivity index (χ1n) is 45.8. The van der Waals surface area contributed by atoms with Crippen LogP contribution in [0, 0.1) is 20.2 Å². The molecule has 4 atom stereocenters. The monoisotopic (exact) mass is 2190 g/mol. The van der Waals surface area contributed by atoms with Crippen molar-refractivity contribution in [2.24, 2.45) is 0 Å². The first-order valence-corrected chi connectivity index (χ1v) is 53.7. The van der Waals surface area contributed by atoms with Crippen molar-refractivity contribution in [1.82, 2.24) is 59.9 Å². The second-order valence-corrected chi connectivity index (χ2v) is 47.2. The van der Waals surface area contributed by atoms with E-state index in [-0.39, 0.29) is 110 Å². The van der Waals surface area contributed by atoms with Crippen molar-refractivity contribution in [2.75, 3.05) is 84.7 Å². The molecule has 788 valence electrons. The van der Waals surface area contributed by atoms with Gasteiger partial charge in [-0.1, -0.05) is 171 Å². The van der Waals surface area contributed by atoms with Gasteiger partial charge in [-0.15, -0.1) is 47.0 Å². The second-order valence-electron chi connectivity index (χ2n) is 37.2. The zero-order valence-corrected chi connectivity index (χ0v) is 89.0. The number of rotatable bonds is 29. The quantitative estimate of drug-likeness (QED) is 0.00572. The van der Waals surface area contributed by atoms with Gasteiger partial charge in [-0.25, -0.2) is 39.9 Å². The SMILES string of the molecule is C.C.C.C.C=CC(=O)Cl.C=CC(=O)Nc1ccc(C(=O)N2CCC[C@@H](Nc3ncc(SCc4ncc(C(C)(C)C)o4)s3)C2)cc1.CC(C)(C)c1cnc(CSc2cnc(N[C@@H]3CCCN(C(=O)c4ccc(N)cc4)C3)s2)o1.CC(C)(C)c1cnc(CSc2cnc(N[C@@H]3CCCN(C(=O)c4ccc([N+](=O)[O-])cc4)C3)s2)o1.CC(C)(C)c1cnc(CSc2cnc(N[C@@H]3CCCNC3)s2)o1.O=C(Cl)c1ccc([N+](=O)[O-])cc1. The Labute approximate surface area is 897 Å². The Morgan fingerprint density at radius 1 is 0.432 bits per heavy atom. The summed E-state index contributed by atoms with van der Waals surface area (Å²) in [6, 6.07) is 25.8. The number of anilines is 6. The fraction of sp³-hybridized carbons (Fsp3) is 0.431. The minimum Gasteiger partial charge on any atom is -0.444 e. The third-order valence-corrected chi connectivity index (χ3v) is 30.5. The number of oxazole rings is 4. The number of allylic oxidation sites excluding steroid dienone is 1. The molecule has 44 heteroatoms. The van der Waals surface area contributed by atoms with Crippen LogP contribution in [0.5, 0.6) is 0 Å². The van der Waals surface area contributed by atoms with E-state index in [4.69, 9.17) is 46.6 Å². The molecule has 0 bridgehead atoms. The number of hydrogen-bond acceptors (Lipinski definition) is 36. The Hall–Kier alpha value is -11.3. The number of halogens is 2. The predicted octanol–water partition coefficient (Wildman–Crippen LogP) is 25.3. The van der Waals surface area contributed by atoms with Gasteiger partial charge in [0.25, 0.3) is 34.3 Å². The van der Waals surface area contributed by atoms with Gasteiger partial charge in [-0.2, -0.15) is 0 Å². The fourth-order valence-electron chi connectivity index (χ4n) is 14.0. The van der Waals surface area contributed by atoms with Gasteiger partial charge in [-0.05, 0) is 166 Å². The van der Waals surface area contributed by atoms with E-state index in [1.165, 1.54) is 71.7 Å². The zero-order valence-electron chi connectivity index (χ0n) is 81.0. The Balaban J connectivity index is 0.000000249. The molecule has 34 nitrogen and oxygen atoms in total. The van der Waals surface area contributed by atoms with Crippen molar-refractivity contribution >= 4 is 193 Å². The topological polar surface area (TPSA) is 452 Å². The average molecular weight is 2190 g/mol. The number of likely N-dealkylation sites (tertiary alicyclic amines) is 3. The van der Waals surface area contributed by atoms with E-state index in [1.807, 2.05) is 47.0 Å². The lowest BCUT2D eigenvalue weighted by Crippen LogP contribution is -2.45. The molecule has 4 aromatic carbocycles. The van der Waals surface area contributed by atoms with Crippen molar-refractivity contribution in [3.05, 3.63) is 261 Å². The molecule has 0 radical (unpaired) electrons. The predicted molar refractivity (Wildman–Crippen MR) is 595 cm³/mol. The normalized spacial score (nSPS) is 15.5. The first-order chi connectivity index (χ1) is 67.6. The Morgan fingerprint density at radius 2 is 0.712 bits per heavy atom. The molecule has 12 aromatic rings. The van der Waals surface area contributed by atoms with Crippen LogP contribution in [-0.2, 0) is 54.3 Å². The standard InChI is InChI=1S/C26H31N5O3S2.C23H27N5O4S2.C23H29N5O2S2.C16H24N4OS2.C7H4ClNO3.C3H3ClO.4CH4/c1-5-21(32)29-18-10-8-17(9-11-18)24(33)31-12-6-7-19(15-31)30-25-28-14-23(36-25)35-16-22-27-13-20(34-22)26(2,3)4;1-23(2,3)18-11-24-19(32-18)14-33-20-12-25-22(34-20)26-16-5-4-10-27(13-16)21(29)15-6-8-17(9-7-15)28(30)31;1-23(2,3)18-11-25-19(30-18)14-31-20-12-26-22(32-20)27-17-5-4-10-28(13-17)21(29)15-6-8-16(24)9-7-15;1-16(2,3)12-8-18-13(21-12)10-22-14-9-19-15(23-14)20-11-5-4-6-17-7-11;8-7(10)5-1-3-6(4-2-5)9(11)12;1-2-3(4)5;;;;/h5,8-11,13-14,19H,1,6-7,12,15-16H2,2-4H3,(H,28,30)(H,29,32);6-9,11-12,16H,4-5,10,13-14H2,1-3H3,(H,25,26);6-9,11-12,17H,4-5,10,13-14,24H2,1-3H3,(H,26,27);8-9,11,17H,4-7,10H2,1-3H3,(H,19,20);1-4H;2H,1H2;4*1H4/t19-;16-;17-;11-;;;;;;/m1111....../s1. The summed E-state index contributed by atoms with van der Waals surface area (Å²) in [7, 11) is 0. The number of thiazole rings is 4. The summed E-state index contributed by atoms with van der Waals surface area (Å²) in [5, 5.41) is 43.5. The molecule has 0 spiro atoms. The number of nitrogen functional groups attached to an aromatic ring is 1. The summed E-state index contributed by atoms with van der Waals surface area (Å²) >= 11 is 23.0. The number of amides is 4. The van der Waals surface area contributed by atoms with Crippen molar-refractivity contribution in [3.8, 4) is 0 Å². The molecule has 146 heavy (non-hydrogen) atoms.